The minimum absolute atomic E-state index is 0.382. The molecule has 1 aromatic heterocycles. The van der Waals surface area contributed by atoms with Gasteiger partial charge in [0.1, 0.15) is 10.8 Å². The molecule has 0 atom stereocenters. The van der Waals surface area contributed by atoms with Crippen molar-refractivity contribution >= 4 is 29.1 Å². The molecular formula is C18H13NO2S. The molecule has 3 nitrogen and oxygen atoms in total. The molecule has 0 aliphatic carbocycles. The number of rotatable bonds is 4. The predicted octanol–water partition coefficient (Wildman–Crippen LogP) is 4.50. The summed E-state index contributed by atoms with van der Waals surface area (Å²) in [5.41, 5.74) is 1.35. The SMILES string of the molecule is O=C(O/C(=C\c1nccs1)c1ccccc1)c1ccccc1. The van der Waals surface area contributed by atoms with Gasteiger partial charge in [0.25, 0.3) is 0 Å². The van der Waals surface area contributed by atoms with E-state index in [1.807, 2.05) is 53.9 Å². The maximum absolute atomic E-state index is 12.3. The number of nitrogens with zero attached hydrogens (tertiary/aromatic N) is 1. The molecule has 108 valence electrons. The Hall–Kier alpha value is -2.72. The van der Waals surface area contributed by atoms with Crippen molar-refractivity contribution in [3.05, 3.63) is 88.4 Å². The van der Waals surface area contributed by atoms with Gasteiger partial charge in [-0.1, -0.05) is 48.5 Å². The van der Waals surface area contributed by atoms with Gasteiger partial charge in [0.15, 0.2) is 0 Å². The van der Waals surface area contributed by atoms with Crippen LogP contribution in [0.4, 0.5) is 0 Å². The highest BCUT2D eigenvalue weighted by Gasteiger charge is 2.12. The molecule has 0 saturated heterocycles. The highest BCUT2D eigenvalue weighted by Crippen LogP contribution is 2.22. The third-order valence-corrected chi connectivity index (χ3v) is 3.70. The second-order valence-electron chi connectivity index (χ2n) is 4.50. The summed E-state index contributed by atoms with van der Waals surface area (Å²) in [5, 5.41) is 2.67. The van der Waals surface area contributed by atoms with E-state index in [1.165, 1.54) is 11.3 Å². The number of ether oxygens (including phenoxy) is 1. The van der Waals surface area contributed by atoms with E-state index in [0.717, 1.165) is 10.6 Å². The minimum atomic E-state index is -0.382. The van der Waals surface area contributed by atoms with Gasteiger partial charge in [-0.05, 0) is 12.1 Å². The van der Waals surface area contributed by atoms with E-state index in [9.17, 15) is 4.79 Å². The summed E-state index contributed by atoms with van der Waals surface area (Å²) in [7, 11) is 0. The molecule has 0 spiro atoms. The van der Waals surface area contributed by atoms with Crippen LogP contribution >= 0.6 is 11.3 Å². The van der Waals surface area contributed by atoms with Crippen LogP contribution in [0.2, 0.25) is 0 Å². The average Bonchev–Trinajstić information content (AvgIpc) is 3.09. The van der Waals surface area contributed by atoms with Crippen LogP contribution < -0.4 is 0 Å². The number of hydrogen-bond acceptors (Lipinski definition) is 4. The van der Waals surface area contributed by atoms with Gasteiger partial charge < -0.3 is 4.74 Å². The Morgan fingerprint density at radius 2 is 1.59 bits per heavy atom. The lowest BCUT2D eigenvalue weighted by molar-refractivity contribution is 0.0693. The first kappa shape index (κ1) is 14.2. The highest BCUT2D eigenvalue weighted by molar-refractivity contribution is 7.10. The summed E-state index contributed by atoms with van der Waals surface area (Å²) >= 11 is 1.49. The van der Waals surface area contributed by atoms with Crippen LogP contribution in [0.15, 0.2) is 72.2 Å². The first-order valence-corrected chi connectivity index (χ1v) is 7.65. The second kappa shape index (κ2) is 6.83. The van der Waals surface area contributed by atoms with Gasteiger partial charge in [-0.3, -0.25) is 0 Å². The van der Waals surface area contributed by atoms with Crippen LogP contribution in [0.25, 0.3) is 11.8 Å². The van der Waals surface area contributed by atoms with Crippen molar-refractivity contribution in [2.24, 2.45) is 0 Å². The first-order chi connectivity index (χ1) is 10.8. The lowest BCUT2D eigenvalue weighted by Gasteiger charge is -2.09. The molecule has 0 fully saturated rings. The van der Waals surface area contributed by atoms with Gasteiger partial charge in [-0.2, -0.15) is 0 Å². The van der Waals surface area contributed by atoms with Crippen LogP contribution in [0, 0.1) is 0 Å². The Morgan fingerprint density at radius 1 is 0.955 bits per heavy atom. The number of thiazole rings is 1. The summed E-state index contributed by atoms with van der Waals surface area (Å²) in [6.07, 6.45) is 3.50. The molecular weight excluding hydrogens is 294 g/mol. The van der Waals surface area contributed by atoms with E-state index in [-0.39, 0.29) is 5.97 Å². The smallest absolute Gasteiger partial charge is 0.343 e. The van der Waals surface area contributed by atoms with Crippen molar-refractivity contribution in [1.82, 2.24) is 4.98 Å². The zero-order valence-corrected chi connectivity index (χ0v) is 12.5. The van der Waals surface area contributed by atoms with Crippen molar-refractivity contribution < 1.29 is 9.53 Å². The van der Waals surface area contributed by atoms with Gasteiger partial charge in [-0.25, -0.2) is 9.78 Å². The molecule has 0 unspecified atom stereocenters. The second-order valence-corrected chi connectivity index (χ2v) is 5.43. The largest absolute Gasteiger partial charge is 0.422 e. The van der Waals surface area contributed by atoms with Crippen LogP contribution in [-0.4, -0.2) is 11.0 Å². The number of carbonyl (C=O) groups is 1. The van der Waals surface area contributed by atoms with Gasteiger partial charge in [0.05, 0.1) is 5.56 Å². The van der Waals surface area contributed by atoms with E-state index in [1.54, 1.807) is 24.4 Å². The van der Waals surface area contributed by atoms with E-state index in [0.29, 0.717) is 11.3 Å². The summed E-state index contributed by atoms with van der Waals surface area (Å²) in [6, 6.07) is 18.5. The topological polar surface area (TPSA) is 39.2 Å². The zero-order valence-electron chi connectivity index (χ0n) is 11.7. The summed E-state index contributed by atoms with van der Waals surface area (Å²) in [5.74, 6) is 0.108. The van der Waals surface area contributed by atoms with Crippen molar-refractivity contribution in [3.8, 4) is 0 Å². The standard InChI is InChI=1S/C18H13NO2S/c20-18(15-9-5-2-6-10-15)21-16(13-17-19-11-12-22-17)14-7-3-1-4-8-14/h1-13H/b16-13-. The van der Waals surface area contributed by atoms with E-state index >= 15 is 0 Å². The van der Waals surface area contributed by atoms with Crippen molar-refractivity contribution in [1.29, 1.82) is 0 Å². The first-order valence-electron chi connectivity index (χ1n) is 6.77. The maximum atomic E-state index is 12.3. The monoisotopic (exact) mass is 307 g/mol. The molecule has 2 aromatic carbocycles. The number of aromatic nitrogens is 1. The van der Waals surface area contributed by atoms with Crippen molar-refractivity contribution in [2.45, 2.75) is 0 Å². The molecule has 0 bridgehead atoms. The third-order valence-electron chi connectivity index (χ3n) is 2.98. The van der Waals surface area contributed by atoms with Crippen LogP contribution in [0.1, 0.15) is 20.9 Å². The molecule has 0 aliphatic rings. The Bertz CT molecular complexity index is 765. The number of carbonyl (C=O) groups excluding carboxylic acids is 1. The van der Waals surface area contributed by atoms with E-state index in [2.05, 4.69) is 4.98 Å². The maximum Gasteiger partial charge on any atom is 0.343 e. The van der Waals surface area contributed by atoms with Crippen molar-refractivity contribution in [3.63, 3.8) is 0 Å². The van der Waals surface area contributed by atoms with E-state index in [4.69, 9.17) is 4.74 Å². The normalized spacial score (nSPS) is 11.2. The lowest BCUT2D eigenvalue weighted by Crippen LogP contribution is -2.04. The van der Waals surface area contributed by atoms with Gasteiger partial charge in [0.2, 0.25) is 0 Å². The van der Waals surface area contributed by atoms with Gasteiger partial charge in [0, 0.05) is 23.2 Å². The Kier molecular flexibility index (Phi) is 4.41. The number of benzene rings is 2. The predicted molar refractivity (Wildman–Crippen MR) is 88.3 cm³/mol. The number of esters is 1. The fourth-order valence-electron chi connectivity index (χ4n) is 1.93. The van der Waals surface area contributed by atoms with Crippen LogP contribution in [-0.2, 0) is 4.74 Å². The molecule has 1 heterocycles. The molecule has 0 radical (unpaired) electrons. The Labute approximate surface area is 132 Å². The summed E-state index contributed by atoms with van der Waals surface area (Å²) in [4.78, 5) is 16.5. The quantitative estimate of drug-likeness (QED) is 0.526. The Balaban J connectivity index is 1.91. The Morgan fingerprint density at radius 3 is 2.18 bits per heavy atom. The molecule has 22 heavy (non-hydrogen) atoms. The average molecular weight is 307 g/mol. The number of hydrogen-bond donors (Lipinski definition) is 0. The fraction of sp³-hybridized carbons (Fsp3) is 0. The molecule has 3 aromatic rings. The zero-order chi connectivity index (χ0) is 15.2. The van der Waals surface area contributed by atoms with Crippen LogP contribution in [0.5, 0.6) is 0 Å². The summed E-state index contributed by atoms with van der Waals surface area (Å²) < 4.78 is 5.58. The molecule has 3 rings (SSSR count). The van der Waals surface area contributed by atoms with E-state index < -0.39 is 0 Å². The molecule has 0 aliphatic heterocycles. The fourth-order valence-corrected chi connectivity index (χ4v) is 2.48. The third kappa shape index (κ3) is 3.48. The summed E-state index contributed by atoms with van der Waals surface area (Å²) in [6.45, 7) is 0. The lowest BCUT2D eigenvalue weighted by atomic mass is 10.1. The molecule has 0 N–H and O–H groups in total. The van der Waals surface area contributed by atoms with Gasteiger partial charge in [-0.15, -0.1) is 11.3 Å². The van der Waals surface area contributed by atoms with Gasteiger partial charge >= 0.3 is 5.97 Å². The molecule has 4 heteroatoms. The molecule has 0 saturated carbocycles. The molecule has 0 amide bonds. The minimum Gasteiger partial charge on any atom is -0.422 e. The van der Waals surface area contributed by atoms with Crippen LogP contribution in [0.3, 0.4) is 0 Å². The highest BCUT2D eigenvalue weighted by atomic mass is 32.1. The van der Waals surface area contributed by atoms with Crippen molar-refractivity contribution in [2.75, 3.05) is 0 Å².